The van der Waals surface area contributed by atoms with Gasteiger partial charge in [-0.05, 0) is 51.5 Å². The lowest BCUT2D eigenvalue weighted by Gasteiger charge is -2.31. The Kier molecular flexibility index (Phi) is 4.75. The topological polar surface area (TPSA) is 41.6 Å². The Morgan fingerprint density at radius 2 is 2.15 bits per heavy atom. The van der Waals surface area contributed by atoms with Crippen LogP contribution in [0, 0.1) is 5.41 Å². The van der Waals surface area contributed by atoms with E-state index >= 15 is 0 Å². The van der Waals surface area contributed by atoms with Crippen LogP contribution < -0.4 is 5.32 Å². The van der Waals surface area contributed by atoms with Gasteiger partial charge in [-0.15, -0.1) is 0 Å². The van der Waals surface area contributed by atoms with Crippen LogP contribution in [-0.2, 0) is 9.53 Å². The van der Waals surface area contributed by atoms with Gasteiger partial charge in [-0.3, -0.25) is 10.1 Å². The molecule has 1 aliphatic heterocycles. The fourth-order valence-electron chi connectivity index (χ4n) is 3.00. The van der Waals surface area contributed by atoms with E-state index < -0.39 is 5.54 Å². The van der Waals surface area contributed by atoms with Gasteiger partial charge in [-0.25, -0.2) is 0 Å². The lowest BCUT2D eigenvalue weighted by molar-refractivity contribution is -0.151. The van der Waals surface area contributed by atoms with Crippen LogP contribution in [0.1, 0.15) is 53.4 Å². The summed E-state index contributed by atoms with van der Waals surface area (Å²) >= 11 is 0. The van der Waals surface area contributed by atoms with Crippen LogP contribution in [-0.4, -0.2) is 48.7 Å². The van der Waals surface area contributed by atoms with Crippen molar-refractivity contribution < 1.29 is 9.53 Å². The Morgan fingerprint density at radius 1 is 1.45 bits per heavy atom. The second-order valence-corrected chi connectivity index (χ2v) is 7.41. The predicted octanol–water partition coefficient (Wildman–Crippen LogP) is 2.18. The molecular weight excluding hydrogens is 252 g/mol. The first-order valence-electron chi connectivity index (χ1n) is 8.02. The zero-order valence-electron chi connectivity index (χ0n) is 13.5. The van der Waals surface area contributed by atoms with Crippen LogP contribution in [0.5, 0.6) is 0 Å². The molecule has 1 saturated carbocycles. The molecule has 1 heterocycles. The van der Waals surface area contributed by atoms with E-state index in [0.29, 0.717) is 18.1 Å². The first kappa shape index (κ1) is 15.8. The summed E-state index contributed by atoms with van der Waals surface area (Å²) in [6.45, 7) is 12.2. The number of rotatable bonds is 7. The average molecular weight is 282 g/mol. The normalized spacial score (nSPS) is 25.4. The van der Waals surface area contributed by atoms with Gasteiger partial charge in [0, 0.05) is 19.1 Å². The summed E-state index contributed by atoms with van der Waals surface area (Å²) in [6, 6.07) is 0.513. The number of esters is 1. The van der Waals surface area contributed by atoms with Crippen LogP contribution >= 0.6 is 0 Å². The molecule has 1 N–H and O–H groups in total. The van der Waals surface area contributed by atoms with Crippen molar-refractivity contribution in [3.63, 3.8) is 0 Å². The second kappa shape index (κ2) is 6.02. The third kappa shape index (κ3) is 4.19. The van der Waals surface area contributed by atoms with Gasteiger partial charge in [0.2, 0.25) is 0 Å². The van der Waals surface area contributed by atoms with Crippen molar-refractivity contribution in [1.29, 1.82) is 0 Å². The first-order valence-corrected chi connectivity index (χ1v) is 8.02. The van der Waals surface area contributed by atoms with E-state index in [-0.39, 0.29) is 5.97 Å². The smallest absolute Gasteiger partial charge is 0.326 e. The molecule has 1 atom stereocenters. The van der Waals surface area contributed by atoms with Crippen molar-refractivity contribution in [2.75, 3.05) is 26.2 Å². The maximum atomic E-state index is 12.3. The summed E-state index contributed by atoms with van der Waals surface area (Å²) in [5.74, 6) is -0.0923. The molecule has 116 valence electrons. The van der Waals surface area contributed by atoms with Crippen LogP contribution in [0.15, 0.2) is 0 Å². The zero-order chi connectivity index (χ0) is 14.8. The molecule has 4 heteroatoms. The summed E-state index contributed by atoms with van der Waals surface area (Å²) < 4.78 is 5.27. The van der Waals surface area contributed by atoms with E-state index in [4.69, 9.17) is 4.74 Å². The van der Waals surface area contributed by atoms with Crippen molar-refractivity contribution in [2.24, 2.45) is 5.41 Å². The molecule has 0 bridgehead atoms. The number of nitrogens with one attached hydrogen (secondary N) is 1. The maximum Gasteiger partial charge on any atom is 0.326 e. The number of carbonyl (C=O) groups is 1. The Labute approximate surface area is 123 Å². The summed E-state index contributed by atoms with van der Waals surface area (Å²) in [6.07, 6.45) is 4.45. The van der Waals surface area contributed by atoms with Crippen molar-refractivity contribution in [3.8, 4) is 0 Å². The molecule has 0 radical (unpaired) electrons. The quantitative estimate of drug-likeness (QED) is 0.727. The first-order chi connectivity index (χ1) is 9.35. The molecule has 2 rings (SSSR count). The highest BCUT2D eigenvalue weighted by Crippen LogP contribution is 2.30. The molecule has 4 nitrogen and oxygen atoms in total. The van der Waals surface area contributed by atoms with Gasteiger partial charge in [0.25, 0.3) is 0 Å². The predicted molar refractivity (Wildman–Crippen MR) is 80.7 cm³/mol. The van der Waals surface area contributed by atoms with Gasteiger partial charge >= 0.3 is 5.97 Å². The fourth-order valence-corrected chi connectivity index (χ4v) is 3.00. The van der Waals surface area contributed by atoms with Crippen LogP contribution in [0.4, 0.5) is 0 Å². The van der Waals surface area contributed by atoms with E-state index in [1.807, 2.05) is 13.8 Å². The van der Waals surface area contributed by atoms with E-state index in [2.05, 4.69) is 24.1 Å². The molecule has 0 aromatic rings. The van der Waals surface area contributed by atoms with Gasteiger partial charge in [-0.2, -0.15) is 0 Å². The van der Waals surface area contributed by atoms with E-state index in [1.165, 1.54) is 19.3 Å². The Balaban J connectivity index is 1.88. The molecule has 0 amide bonds. The molecule has 0 aromatic heterocycles. The third-order valence-corrected chi connectivity index (χ3v) is 4.51. The van der Waals surface area contributed by atoms with E-state index in [1.54, 1.807) is 0 Å². The van der Waals surface area contributed by atoms with Crippen LogP contribution in [0.3, 0.4) is 0 Å². The van der Waals surface area contributed by atoms with Crippen molar-refractivity contribution >= 4 is 5.97 Å². The fraction of sp³-hybridized carbons (Fsp3) is 0.938. The lowest BCUT2D eigenvalue weighted by Crippen LogP contribution is -2.53. The van der Waals surface area contributed by atoms with Gasteiger partial charge in [-0.1, -0.05) is 13.8 Å². The molecule has 20 heavy (non-hydrogen) atoms. The number of likely N-dealkylation sites (tertiary alicyclic amines) is 1. The Morgan fingerprint density at radius 3 is 2.65 bits per heavy atom. The molecule has 0 spiro atoms. The standard InChI is InChI=1S/C16H30N2O2/c1-5-20-14(19)16(4,17-13-6-7-13)9-11-18-10-8-15(2,3)12-18/h13,17H,5-12H2,1-4H3. The monoisotopic (exact) mass is 282 g/mol. The Bertz CT molecular complexity index is 352. The summed E-state index contributed by atoms with van der Waals surface area (Å²) in [4.78, 5) is 14.7. The molecular formula is C16H30N2O2. The summed E-state index contributed by atoms with van der Waals surface area (Å²) in [5, 5.41) is 3.50. The van der Waals surface area contributed by atoms with Crippen LogP contribution in [0.25, 0.3) is 0 Å². The number of hydrogen-bond donors (Lipinski definition) is 1. The number of carbonyl (C=O) groups excluding carboxylic acids is 1. The minimum Gasteiger partial charge on any atom is -0.465 e. The highest BCUT2D eigenvalue weighted by molar-refractivity contribution is 5.80. The van der Waals surface area contributed by atoms with Crippen molar-refractivity contribution in [3.05, 3.63) is 0 Å². The highest BCUT2D eigenvalue weighted by Gasteiger charge is 2.40. The molecule has 1 aliphatic carbocycles. The average Bonchev–Trinajstić information content (AvgIpc) is 3.10. The van der Waals surface area contributed by atoms with Gasteiger partial charge in [0.1, 0.15) is 5.54 Å². The number of hydrogen-bond acceptors (Lipinski definition) is 4. The van der Waals surface area contributed by atoms with Crippen LogP contribution in [0.2, 0.25) is 0 Å². The van der Waals surface area contributed by atoms with Gasteiger partial charge < -0.3 is 9.64 Å². The minimum atomic E-state index is -0.524. The van der Waals surface area contributed by atoms with E-state index in [0.717, 1.165) is 26.1 Å². The zero-order valence-corrected chi connectivity index (χ0v) is 13.5. The molecule has 2 fully saturated rings. The summed E-state index contributed by atoms with van der Waals surface area (Å²) in [5.41, 5.74) is -0.103. The van der Waals surface area contributed by atoms with E-state index in [9.17, 15) is 4.79 Å². The molecule has 2 aliphatic rings. The SMILES string of the molecule is CCOC(=O)C(C)(CCN1CCC(C)(C)C1)NC1CC1. The van der Waals surface area contributed by atoms with Gasteiger partial charge in [0.15, 0.2) is 0 Å². The maximum absolute atomic E-state index is 12.3. The number of nitrogens with zero attached hydrogens (tertiary/aromatic N) is 1. The highest BCUT2D eigenvalue weighted by atomic mass is 16.5. The number of ether oxygens (including phenoxy) is 1. The van der Waals surface area contributed by atoms with Crippen molar-refractivity contribution in [1.82, 2.24) is 10.2 Å². The largest absolute Gasteiger partial charge is 0.465 e. The second-order valence-electron chi connectivity index (χ2n) is 7.41. The molecule has 1 saturated heterocycles. The third-order valence-electron chi connectivity index (χ3n) is 4.51. The lowest BCUT2D eigenvalue weighted by atomic mass is 9.93. The minimum absolute atomic E-state index is 0.0923. The molecule has 0 aromatic carbocycles. The Hall–Kier alpha value is -0.610. The van der Waals surface area contributed by atoms with Gasteiger partial charge in [0.05, 0.1) is 6.61 Å². The molecule has 1 unspecified atom stereocenters. The van der Waals surface area contributed by atoms with Crippen molar-refractivity contribution in [2.45, 2.75) is 65.0 Å². The summed E-state index contributed by atoms with van der Waals surface area (Å²) in [7, 11) is 0.